The molecule has 0 aromatic rings. The third kappa shape index (κ3) is 7.13. The van der Waals surface area contributed by atoms with Crippen molar-refractivity contribution in [1.82, 2.24) is 15.7 Å². The molecule has 0 spiro atoms. The third-order valence-electron chi connectivity index (χ3n) is 4.56. The number of ether oxygens (including phenoxy) is 4. The van der Waals surface area contributed by atoms with E-state index in [1.807, 2.05) is 0 Å². The number of hydroxylamine groups is 2. The van der Waals surface area contributed by atoms with Gasteiger partial charge in [-0.15, -0.1) is 5.06 Å². The lowest BCUT2D eigenvalue weighted by atomic mass is 9.95. The minimum Gasteiger partial charge on any atom is -0.463 e. The molecule has 2 aliphatic rings. The molecule has 5 atom stereocenters. The van der Waals surface area contributed by atoms with E-state index in [1.54, 1.807) is 0 Å². The van der Waals surface area contributed by atoms with Crippen molar-refractivity contribution in [3.63, 3.8) is 0 Å². The van der Waals surface area contributed by atoms with Crippen molar-refractivity contribution in [1.29, 1.82) is 0 Å². The first-order valence-corrected chi connectivity index (χ1v) is 10.1. The van der Waals surface area contributed by atoms with Gasteiger partial charge in [0.2, 0.25) is 5.91 Å². The first-order chi connectivity index (χ1) is 15.9. The van der Waals surface area contributed by atoms with E-state index < -0.39 is 78.9 Å². The SMILES string of the molecule is CC(=O)NC1C(NC(=O)ON2C(=O)CCC2=O)OC(COC(C)=O)C(OC(C)=O)C1OC(C)=O. The van der Waals surface area contributed by atoms with Crippen molar-refractivity contribution in [3.05, 3.63) is 0 Å². The summed E-state index contributed by atoms with van der Waals surface area (Å²) in [5.41, 5.74) is 0. The molecular weight excluding hydrogens is 462 g/mol. The number of amides is 4. The molecule has 0 saturated carbocycles. The Morgan fingerprint density at radius 2 is 1.44 bits per heavy atom. The summed E-state index contributed by atoms with van der Waals surface area (Å²) >= 11 is 0. The molecule has 2 aliphatic heterocycles. The van der Waals surface area contributed by atoms with Crippen LogP contribution in [0, 0.1) is 0 Å². The Morgan fingerprint density at radius 3 is 1.94 bits per heavy atom. The Labute approximate surface area is 193 Å². The number of hydrogen-bond donors (Lipinski definition) is 2. The topological polar surface area (TPSA) is 193 Å². The molecule has 2 fully saturated rings. The van der Waals surface area contributed by atoms with Gasteiger partial charge < -0.3 is 29.1 Å². The van der Waals surface area contributed by atoms with Gasteiger partial charge in [0.1, 0.15) is 18.8 Å². The van der Waals surface area contributed by atoms with Crippen LogP contribution in [-0.4, -0.2) is 84.0 Å². The smallest absolute Gasteiger partial charge is 0.434 e. The molecule has 2 heterocycles. The summed E-state index contributed by atoms with van der Waals surface area (Å²) in [5, 5.41) is 4.94. The summed E-state index contributed by atoms with van der Waals surface area (Å²) in [5.74, 6) is -4.41. The molecule has 34 heavy (non-hydrogen) atoms. The lowest BCUT2D eigenvalue weighted by Gasteiger charge is -2.45. The van der Waals surface area contributed by atoms with Crippen molar-refractivity contribution >= 4 is 41.7 Å². The highest BCUT2D eigenvalue weighted by molar-refractivity contribution is 6.01. The quantitative estimate of drug-likeness (QED) is 0.238. The van der Waals surface area contributed by atoms with Crippen LogP contribution in [0.1, 0.15) is 40.5 Å². The number of carbonyl (C=O) groups is 7. The lowest BCUT2D eigenvalue weighted by Crippen LogP contribution is -2.69. The summed E-state index contributed by atoms with van der Waals surface area (Å²) in [7, 11) is 0. The molecular formula is C19H25N3O12. The summed E-state index contributed by atoms with van der Waals surface area (Å²) < 4.78 is 21.1. The highest BCUT2D eigenvalue weighted by atomic mass is 16.7. The van der Waals surface area contributed by atoms with E-state index in [2.05, 4.69) is 10.6 Å². The van der Waals surface area contributed by atoms with Crippen molar-refractivity contribution in [3.8, 4) is 0 Å². The number of imide groups is 1. The Bertz CT molecular complexity index is 859. The number of nitrogens with zero attached hydrogens (tertiary/aromatic N) is 1. The average molecular weight is 487 g/mol. The van der Waals surface area contributed by atoms with Crippen LogP contribution in [0.2, 0.25) is 0 Å². The molecule has 0 aliphatic carbocycles. The fourth-order valence-corrected chi connectivity index (χ4v) is 3.34. The predicted octanol–water partition coefficient (Wildman–Crippen LogP) is -1.57. The van der Waals surface area contributed by atoms with E-state index >= 15 is 0 Å². The van der Waals surface area contributed by atoms with Gasteiger partial charge in [-0.1, -0.05) is 0 Å². The van der Waals surface area contributed by atoms with Crippen LogP contribution in [0.5, 0.6) is 0 Å². The Morgan fingerprint density at radius 1 is 0.882 bits per heavy atom. The largest absolute Gasteiger partial charge is 0.463 e. The molecule has 0 radical (unpaired) electrons. The predicted molar refractivity (Wildman–Crippen MR) is 105 cm³/mol. The van der Waals surface area contributed by atoms with E-state index in [1.165, 1.54) is 0 Å². The van der Waals surface area contributed by atoms with Gasteiger partial charge >= 0.3 is 24.0 Å². The van der Waals surface area contributed by atoms with Gasteiger partial charge in [-0.2, -0.15) is 0 Å². The van der Waals surface area contributed by atoms with E-state index in [0.717, 1.165) is 27.7 Å². The molecule has 0 aromatic heterocycles. The zero-order valence-corrected chi connectivity index (χ0v) is 18.9. The maximum absolute atomic E-state index is 12.4. The molecule has 15 heteroatoms. The Hall–Kier alpha value is -3.75. The van der Waals surface area contributed by atoms with Gasteiger partial charge in [0.15, 0.2) is 18.4 Å². The molecule has 2 N–H and O–H groups in total. The highest BCUT2D eigenvalue weighted by Crippen LogP contribution is 2.26. The minimum absolute atomic E-state index is 0.135. The van der Waals surface area contributed by atoms with Crippen LogP contribution in [0.15, 0.2) is 0 Å². The second-order valence-corrected chi connectivity index (χ2v) is 7.38. The number of nitrogens with one attached hydrogen (secondary N) is 2. The Kier molecular flexibility index (Phi) is 8.89. The van der Waals surface area contributed by atoms with E-state index in [9.17, 15) is 33.6 Å². The second kappa shape index (κ2) is 11.4. The summed E-state index contributed by atoms with van der Waals surface area (Å²) in [6.45, 7) is 3.91. The van der Waals surface area contributed by atoms with Gasteiger partial charge in [0, 0.05) is 40.5 Å². The fourth-order valence-electron chi connectivity index (χ4n) is 3.34. The van der Waals surface area contributed by atoms with Crippen molar-refractivity contribution in [2.24, 2.45) is 0 Å². The minimum atomic E-state index is -1.50. The third-order valence-corrected chi connectivity index (χ3v) is 4.56. The Balaban J connectivity index is 2.34. The number of carbonyl (C=O) groups excluding carboxylic acids is 7. The van der Waals surface area contributed by atoms with Crippen LogP contribution in [0.4, 0.5) is 4.79 Å². The lowest BCUT2D eigenvalue weighted by molar-refractivity contribution is -0.227. The zero-order chi connectivity index (χ0) is 25.6. The van der Waals surface area contributed by atoms with E-state index in [4.69, 9.17) is 23.8 Å². The molecule has 2 rings (SSSR count). The second-order valence-electron chi connectivity index (χ2n) is 7.38. The normalized spacial score (nSPS) is 26.4. The van der Waals surface area contributed by atoms with Crippen LogP contribution in [0.25, 0.3) is 0 Å². The molecule has 0 bridgehead atoms. The first kappa shape index (κ1) is 26.5. The maximum Gasteiger partial charge on any atom is 0.434 e. The van der Waals surface area contributed by atoms with Crippen LogP contribution >= 0.6 is 0 Å². The van der Waals surface area contributed by atoms with Crippen LogP contribution in [0.3, 0.4) is 0 Å². The van der Waals surface area contributed by atoms with Gasteiger partial charge in [0.25, 0.3) is 11.8 Å². The van der Waals surface area contributed by atoms with Gasteiger partial charge in [-0.25, -0.2) is 4.79 Å². The average Bonchev–Trinajstić information content (AvgIpc) is 3.02. The summed E-state index contributed by atoms with van der Waals surface area (Å²) in [4.78, 5) is 87.2. The monoisotopic (exact) mass is 487 g/mol. The zero-order valence-electron chi connectivity index (χ0n) is 18.9. The number of esters is 3. The van der Waals surface area contributed by atoms with Crippen LogP contribution < -0.4 is 10.6 Å². The summed E-state index contributed by atoms with van der Waals surface area (Å²) in [6.07, 6.45) is -7.09. The van der Waals surface area contributed by atoms with E-state index in [0.29, 0.717) is 0 Å². The van der Waals surface area contributed by atoms with Crippen molar-refractivity contribution < 1.29 is 57.3 Å². The molecule has 0 aromatic carbocycles. The number of rotatable bonds is 7. The standard InChI is InChI=1S/C19H25N3O12/c1-8(23)20-15-17(32-11(4)26)16(31-10(3)25)12(7-30-9(2)24)33-18(15)21-19(29)34-22-13(27)5-6-14(22)28/h12,15-18H,5-7H2,1-4H3,(H,20,23)(H,21,29). The van der Waals surface area contributed by atoms with Gasteiger partial charge in [-0.05, 0) is 0 Å². The van der Waals surface area contributed by atoms with Crippen molar-refractivity contribution in [2.75, 3.05) is 6.61 Å². The fraction of sp³-hybridized carbons (Fsp3) is 0.632. The van der Waals surface area contributed by atoms with E-state index in [-0.39, 0.29) is 17.9 Å². The first-order valence-electron chi connectivity index (χ1n) is 10.1. The van der Waals surface area contributed by atoms with Crippen LogP contribution in [-0.2, 0) is 52.6 Å². The summed E-state index contributed by atoms with van der Waals surface area (Å²) in [6, 6.07) is -1.32. The molecule has 15 nitrogen and oxygen atoms in total. The maximum atomic E-state index is 12.4. The van der Waals surface area contributed by atoms with Gasteiger partial charge in [0.05, 0.1) is 0 Å². The molecule has 2 saturated heterocycles. The molecule has 188 valence electrons. The van der Waals surface area contributed by atoms with Gasteiger partial charge in [-0.3, -0.25) is 34.1 Å². The highest BCUT2D eigenvalue weighted by Gasteiger charge is 2.51. The van der Waals surface area contributed by atoms with Crippen molar-refractivity contribution in [2.45, 2.75) is 71.1 Å². The molecule has 4 amide bonds. The number of hydrogen-bond acceptors (Lipinski definition) is 12. The molecule has 5 unspecified atom stereocenters.